The van der Waals surface area contributed by atoms with Crippen molar-refractivity contribution in [3.63, 3.8) is 0 Å². The van der Waals surface area contributed by atoms with Crippen LogP contribution in [0.2, 0.25) is 0 Å². The molecule has 0 aliphatic rings. The van der Waals surface area contributed by atoms with E-state index in [4.69, 9.17) is 0 Å². The molecule has 0 atom stereocenters. The summed E-state index contributed by atoms with van der Waals surface area (Å²) in [6.07, 6.45) is 0. The van der Waals surface area contributed by atoms with Crippen molar-refractivity contribution in [1.29, 1.82) is 0 Å². The zero-order chi connectivity index (χ0) is 16.2. The Morgan fingerprint density at radius 2 is 2.04 bits per heavy atom. The number of carbonyl (C=O) groups is 1. The standard InChI is InChI=1S/C17H16N4OS/c1-11-5-7-13(8-6-11)14-10-15(20-19-14)17(22)21-18-12(2)16-4-3-9-23-16/h3-10H,1-2H3,(H,19,20)(H,21,22). The third kappa shape index (κ3) is 3.54. The van der Waals surface area contributed by atoms with Crippen molar-refractivity contribution in [1.82, 2.24) is 15.6 Å². The summed E-state index contributed by atoms with van der Waals surface area (Å²) < 4.78 is 0. The van der Waals surface area contributed by atoms with E-state index in [1.807, 2.05) is 55.6 Å². The molecule has 0 unspecified atom stereocenters. The summed E-state index contributed by atoms with van der Waals surface area (Å²) >= 11 is 1.58. The highest BCUT2D eigenvalue weighted by molar-refractivity contribution is 7.12. The smallest absolute Gasteiger partial charge is 0.272 e. The summed E-state index contributed by atoms with van der Waals surface area (Å²) in [6.45, 7) is 3.89. The normalized spacial score (nSPS) is 11.5. The van der Waals surface area contributed by atoms with E-state index in [1.165, 1.54) is 5.56 Å². The molecule has 0 fully saturated rings. The number of hydrazone groups is 1. The number of carbonyl (C=O) groups excluding carboxylic acids is 1. The number of rotatable bonds is 4. The number of nitrogens with one attached hydrogen (secondary N) is 2. The first kappa shape index (κ1) is 15.2. The molecule has 0 bridgehead atoms. The SMILES string of the molecule is CC(=NNC(=O)c1cc(-c2ccc(C)cc2)n[nH]1)c1cccs1. The Bertz CT molecular complexity index is 832. The van der Waals surface area contributed by atoms with Gasteiger partial charge >= 0.3 is 0 Å². The quantitative estimate of drug-likeness (QED) is 0.568. The lowest BCUT2D eigenvalue weighted by molar-refractivity contribution is 0.0950. The Kier molecular flexibility index (Phi) is 4.34. The molecule has 0 spiro atoms. The van der Waals surface area contributed by atoms with Crippen LogP contribution in [-0.4, -0.2) is 21.8 Å². The average molecular weight is 324 g/mol. The second kappa shape index (κ2) is 6.58. The minimum absolute atomic E-state index is 0.313. The summed E-state index contributed by atoms with van der Waals surface area (Å²) in [5, 5.41) is 13.0. The average Bonchev–Trinajstić information content (AvgIpc) is 3.24. The van der Waals surface area contributed by atoms with Crippen LogP contribution in [0.4, 0.5) is 0 Å². The van der Waals surface area contributed by atoms with Crippen molar-refractivity contribution in [2.75, 3.05) is 0 Å². The van der Waals surface area contributed by atoms with Crippen LogP contribution < -0.4 is 5.43 Å². The van der Waals surface area contributed by atoms with E-state index in [9.17, 15) is 4.79 Å². The minimum Gasteiger partial charge on any atom is -0.272 e. The Morgan fingerprint density at radius 1 is 1.26 bits per heavy atom. The molecule has 23 heavy (non-hydrogen) atoms. The number of H-pyrrole nitrogens is 1. The Labute approximate surface area is 138 Å². The van der Waals surface area contributed by atoms with Gasteiger partial charge in [-0.15, -0.1) is 11.3 Å². The van der Waals surface area contributed by atoms with E-state index < -0.39 is 0 Å². The van der Waals surface area contributed by atoms with E-state index in [-0.39, 0.29) is 5.91 Å². The van der Waals surface area contributed by atoms with E-state index in [0.717, 1.165) is 21.8 Å². The highest BCUT2D eigenvalue weighted by atomic mass is 32.1. The first-order valence-electron chi connectivity index (χ1n) is 7.14. The monoisotopic (exact) mass is 324 g/mol. The number of aromatic nitrogens is 2. The highest BCUT2D eigenvalue weighted by Crippen LogP contribution is 2.18. The van der Waals surface area contributed by atoms with Crippen molar-refractivity contribution in [2.24, 2.45) is 5.10 Å². The maximum Gasteiger partial charge on any atom is 0.289 e. The van der Waals surface area contributed by atoms with Crippen LogP contribution >= 0.6 is 11.3 Å². The van der Waals surface area contributed by atoms with Crippen LogP contribution in [-0.2, 0) is 0 Å². The van der Waals surface area contributed by atoms with Crippen molar-refractivity contribution >= 4 is 23.0 Å². The first-order chi connectivity index (χ1) is 11.1. The lowest BCUT2D eigenvalue weighted by Crippen LogP contribution is -2.19. The molecule has 0 aliphatic heterocycles. The molecule has 116 valence electrons. The van der Waals surface area contributed by atoms with E-state index >= 15 is 0 Å². The first-order valence-corrected chi connectivity index (χ1v) is 8.02. The molecule has 0 radical (unpaired) electrons. The van der Waals surface area contributed by atoms with Crippen LogP contribution in [0, 0.1) is 6.92 Å². The molecule has 1 aromatic carbocycles. The number of amides is 1. The van der Waals surface area contributed by atoms with Crippen molar-refractivity contribution in [2.45, 2.75) is 13.8 Å². The zero-order valence-electron chi connectivity index (χ0n) is 12.8. The molecule has 3 rings (SSSR count). The van der Waals surface area contributed by atoms with Crippen LogP contribution in [0.3, 0.4) is 0 Å². The number of thiophene rings is 1. The summed E-state index contributed by atoms with van der Waals surface area (Å²) in [7, 11) is 0. The summed E-state index contributed by atoms with van der Waals surface area (Å²) in [5.41, 5.74) is 6.57. The number of nitrogens with zero attached hydrogens (tertiary/aromatic N) is 2. The van der Waals surface area contributed by atoms with Gasteiger partial charge in [0.2, 0.25) is 0 Å². The second-order valence-electron chi connectivity index (χ2n) is 5.15. The van der Waals surface area contributed by atoms with Crippen molar-refractivity contribution in [3.05, 3.63) is 64.0 Å². The van der Waals surface area contributed by atoms with Gasteiger partial charge in [-0.3, -0.25) is 9.89 Å². The number of aromatic amines is 1. The molecule has 0 saturated heterocycles. The van der Waals surface area contributed by atoms with Gasteiger partial charge in [-0.05, 0) is 31.4 Å². The van der Waals surface area contributed by atoms with Crippen molar-refractivity contribution < 1.29 is 4.79 Å². The molecule has 2 heterocycles. The van der Waals surface area contributed by atoms with E-state index in [0.29, 0.717) is 5.69 Å². The van der Waals surface area contributed by atoms with Gasteiger partial charge in [0.05, 0.1) is 11.4 Å². The fraction of sp³-hybridized carbons (Fsp3) is 0.118. The molecule has 2 aromatic heterocycles. The van der Waals surface area contributed by atoms with Gasteiger partial charge in [0.1, 0.15) is 5.69 Å². The molecule has 5 nitrogen and oxygen atoms in total. The van der Waals surface area contributed by atoms with Gasteiger partial charge in [-0.25, -0.2) is 5.43 Å². The minimum atomic E-state index is -0.313. The van der Waals surface area contributed by atoms with Gasteiger partial charge in [-0.1, -0.05) is 35.9 Å². The molecule has 2 N–H and O–H groups in total. The lowest BCUT2D eigenvalue weighted by atomic mass is 10.1. The number of hydrogen-bond acceptors (Lipinski definition) is 4. The molecule has 6 heteroatoms. The van der Waals surface area contributed by atoms with Crippen LogP contribution in [0.1, 0.15) is 27.9 Å². The molecular weight excluding hydrogens is 308 g/mol. The van der Waals surface area contributed by atoms with Gasteiger partial charge in [0, 0.05) is 10.4 Å². The van der Waals surface area contributed by atoms with Crippen LogP contribution in [0.25, 0.3) is 11.3 Å². The molecule has 3 aromatic rings. The van der Waals surface area contributed by atoms with Crippen LogP contribution in [0.5, 0.6) is 0 Å². The third-order valence-corrected chi connectivity index (χ3v) is 4.35. The predicted molar refractivity (Wildman–Crippen MR) is 92.8 cm³/mol. The topological polar surface area (TPSA) is 70.1 Å². The fourth-order valence-corrected chi connectivity index (χ4v) is 2.72. The molecule has 0 saturated carbocycles. The molecule has 1 amide bonds. The maximum atomic E-state index is 12.1. The molecule has 0 aliphatic carbocycles. The molecular formula is C17H16N4OS. The zero-order valence-corrected chi connectivity index (χ0v) is 13.6. The second-order valence-corrected chi connectivity index (χ2v) is 6.10. The largest absolute Gasteiger partial charge is 0.289 e. The third-order valence-electron chi connectivity index (χ3n) is 3.37. The summed E-state index contributed by atoms with van der Waals surface area (Å²) in [5.74, 6) is -0.313. The van der Waals surface area contributed by atoms with Crippen molar-refractivity contribution in [3.8, 4) is 11.3 Å². The predicted octanol–water partition coefficient (Wildman–Crippen LogP) is 3.60. The fourth-order valence-electron chi connectivity index (χ4n) is 2.04. The Hall–Kier alpha value is -2.73. The maximum absolute atomic E-state index is 12.1. The van der Waals surface area contributed by atoms with E-state index in [2.05, 4.69) is 20.7 Å². The highest BCUT2D eigenvalue weighted by Gasteiger charge is 2.10. The van der Waals surface area contributed by atoms with Crippen LogP contribution in [0.15, 0.2) is 52.9 Å². The summed E-state index contributed by atoms with van der Waals surface area (Å²) in [4.78, 5) is 13.2. The van der Waals surface area contributed by atoms with Gasteiger partial charge in [-0.2, -0.15) is 10.2 Å². The number of benzene rings is 1. The van der Waals surface area contributed by atoms with Gasteiger partial charge < -0.3 is 0 Å². The number of hydrogen-bond donors (Lipinski definition) is 2. The van der Waals surface area contributed by atoms with E-state index in [1.54, 1.807) is 17.4 Å². The number of aryl methyl sites for hydroxylation is 1. The Morgan fingerprint density at radius 3 is 2.74 bits per heavy atom. The lowest BCUT2D eigenvalue weighted by Gasteiger charge is -1.98. The summed E-state index contributed by atoms with van der Waals surface area (Å²) in [6, 6.07) is 13.6. The Balaban J connectivity index is 1.71. The van der Waals surface area contributed by atoms with Gasteiger partial charge in [0.15, 0.2) is 0 Å². The van der Waals surface area contributed by atoms with Gasteiger partial charge in [0.25, 0.3) is 5.91 Å².